The molecule has 0 aliphatic carbocycles. The van der Waals surface area contributed by atoms with E-state index < -0.39 is 12.7 Å². The first-order valence-corrected chi connectivity index (χ1v) is 8.19. The van der Waals surface area contributed by atoms with Crippen molar-refractivity contribution in [2.75, 3.05) is 31.5 Å². The predicted molar refractivity (Wildman–Crippen MR) is 87.7 cm³/mol. The topological polar surface area (TPSA) is 58.9 Å². The Morgan fingerprint density at radius 2 is 2.08 bits per heavy atom. The molecule has 6 nitrogen and oxygen atoms in total. The molecule has 1 fully saturated rings. The number of aromatic nitrogens is 4. The Morgan fingerprint density at radius 1 is 1.28 bits per heavy atom. The van der Waals surface area contributed by atoms with Crippen LogP contribution >= 0.6 is 0 Å². The van der Waals surface area contributed by atoms with Gasteiger partial charge in [-0.2, -0.15) is 18.3 Å². The maximum atomic E-state index is 12.4. The van der Waals surface area contributed by atoms with Crippen LogP contribution in [-0.2, 0) is 0 Å². The van der Waals surface area contributed by atoms with Gasteiger partial charge in [0.2, 0.25) is 0 Å². The van der Waals surface area contributed by atoms with Gasteiger partial charge in [0.1, 0.15) is 5.82 Å². The van der Waals surface area contributed by atoms with Crippen LogP contribution in [0.4, 0.5) is 19.0 Å². The van der Waals surface area contributed by atoms with E-state index in [4.69, 9.17) is 0 Å². The molecule has 0 spiro atoms. The van der Waals surface area contributed by atoms with Crippen molar-refractivity contribution in [3.63, 3.8) is 0 Å². The molecule has 2 aromatic rings. The lowest BCUT2D eigenvalue weighted by atomic mass is 10.1. The van der Waals surface area contributed by atoms with Gasteiger partial charge in [0, 0.05) is 18.8 Å². The molecule has 1 aliphatic rings. The summed E-state index contributed by atoms with van der Waals surface area (Å²) in [5, 5.41) is 7.56. The second-order valence-electron chi connectivity index (χ2n) is 6.49. The second-order valence-corrected chi connectivity index (χ2v) is 6.49. The summed E-state index contributed by atoms with van der Waals surface area (Å²) in [7, 11) is 0. The molecular weight excluding hydrogens is 333 g/mol. The summed E-state index contributed by atoms with van der Waals surface area (Å²) < 4.78 is 39.0. The van der Waals surface area contributed by atoms with Crippen molar-refractivity contribution < 1.29 is 13.2 Å². The number of nitrogens with one attached hydrogen (secondary N) is 1. The van der Waals surface area contributed by atoms with Crippen molar-refractivity contribution in [2.24, 2.45) is 5.92 Å². The minimum absolute atomic E-state index is 0.168. The molecular formula is C16H21F3N6. The average molecular weight is 354 g/mol. The first kappa shape index (κ1) is 17.7. The van der Waals surface area contributed by atoms with Gasteiger partial charge in [-0.25, -0.2) is 9.67 Å². The third-order valence-corrected chi connectivity index (χ3v) is 4.19. The van der Waals surface area contributed by atoms with E-state index in [0.29, 0.717) is 31.3 Å². The molecule has 0 bridgehead atoms. The maximum absolute atomic E-state index is 12.4. The minimum atomic E-state index is -4.14. The SMILES string of the molecule is Cc1cc(C)n(-c2cncc(NCC3CCN(CC(F)(F)F)C3)n2)n1. The number of hydrogen-bond acceptors (Lipinski definition) is 5. The Hall–Kier alpha value is -2.16. The van der Waals surface area contributed by atoms with E-state index in [1.807, 2.05) is 19.9 Å². The average Bonchev–Trinajstić information content (AvgIpc) is 3.10. The number of anilines is 1. The zero-order valence-electron chi connectivity index (χ0n) is 14.2. The maximum Gasteiger partial charge on any atom is 0.401 e. The van der Waals surface area contributed by atoms with Gasteiger partial charge in [-0.05, 0) is 38.8 Å². The lowest BCUT2D eigenvalue weighted by molar-refractivity contribution is -0.143. The fraction of sp³-hybridized carbons (Fsp3) is 0.562. The summed E-state index contributed by atoms with van der Waals surface area (Å²) in [6.07, 6.45) is -0.154. The molecule has 0 aromatic carbocycles. The van der Waals surface area contributed by atoms with Gasteiger partial charge < -0.3 is 5.32 Å². The van der Waals surface area contributed by atoms with Crippen molar-refractivity contribution in [1.29, 1.82) is 0 Å². The fourth-order valence-corrected chi connectivity index (χ4v) is 3.13. The normalized spacial score (nSPS) is 18.7. The van der Waals surface area contributed by atoms with Gasteiger partial charge in [0.25, 0.3) is 0 Å². The molecule has 0 amide bonds. The third kappa shape index (κ3) is 4.68. The first-order valence-electron chi connectivity index (χ1n) is 8.19. The van der Waals surface area contributed by atoms with E-state index in [1.54, 1.807) is 17.1 Å². The highest BCUT2D eigenvalue weighted by Gasteiger charge is 2.34. The van der Waals surface area contributed by atoms with E-state index in [9.17, 15) is 13.2 Å². The van der Waals surface area contributed by atoms with E-state index in [1.165, 1.54) is 4.90 Å². The first-order chi connectivity index (χ1) is 11.8. The van der Waals surface area contributed by atoms with Crippen molar-refractivity contribution in [3.8, 4) is 5.82 Å². The lowest BCUT2D eigenvalue weighted by Crippen LogP contribution is -2.33. The van der Waals surface area contributed by atoms with Gasteiger partial charge in [-0.15, -0.1) is 0 Å². The van der Waals surface area contributed by atoms with Crippen LogP contribution in [0.1, 0.15) is 17.8 Å². The number of likely N-dealkylation sites (tertiary alicyclic amines) is 1. The minimum Gasteiger partial charge on any atom is -0.368 e. The zero-order chi connectivity index (χ0) is 18.0. The molecule has 0 radical (unpaired) electrons. The summed E-state index contributed by atoms with van der Waals surface area (Å²) in [5.74, 6) is 1.38. The Bertz CT molecular complexity index is 727. The lowest BCUT2D eigenvalue weighted by Gasteiger charge is -2.18. The molecule has 1 atom stereocenters. The highest BCUT2D eigenvalue weighted by molar-refractivity contribution is 5.36. The Labute approximate surface area is 144 Å². The summed E-state index contributed by atoms with van der Waals surface area (Å²) in [6.45, 7) is 4.50. The summed E-state index contributed by atoms with van der Waals surface area (Å²) >= 11 is 0. The quantitative estimate of drug-likeness (QED) is 0.894. The number of halogens is 3. The van der Waals surface area contributed by atoms with Crippen molar-refractivity contribution in [3.05, 3.63) is 29.8 Å². The van der Waals surface area contributed by atoms with E-state index in [-0.39, 0.29) is 5.92 Å². The highest BCUT2D eigenvalue weighted by Crippen LogP contribution is 2.23. The molecule has 1 N–H and O–H groups in total. The Balaban J connectivity index is 1.58. The van der Waals surface area contributed by atoms with Gasteiger partial charge in [-0.3, -0.25) is 9.88 Å². The van der Waals surface area contributed by atoms with E-state index in [0.717, 1.165) is 17.8 Å². The summed E-state index contributed by atoms with van der Waals surface area (Å²) in [6, 6.07) is 1.95. The Kier molecular flexibility index (Phi) is 4.94. The van der Waals surface area contributed by atoms with Crippen LogP contribution < -0.4 is 5.32 Å². The van der Waals surface area contributed by atoms with E-state index in [2.05, 4.69) is 20.4 Å². The van der Waals surface area contributed by atoms with Gasteiger partial charge in [-0.1, -0.05) is 0 Å². The second kappa shape index (κ2) is 6.99. The van der Waals surface area contributed by atoms with Gasteiger partial charge >= 0.3 is 6.18 Å². The van der Waals surface area contributed by atoms with Crippen LogP contribution in [0, 0.1) is 19.8 Å². The van der Waals surface area contributed by atoms with Gasteiger partial charge in [0.15, 0.2) is 5.82 Å². The fourth-order valence-electron chi connectivity index (χ4n) is 3.13. The molecule has 3 rings (SSSR count). The van der Waals surface area contributed by atoms with Crippen molar-refractivity contribution in [2.45, 2.75) is 26.4 Å². The van der Waals surface area contributed by atoms with Crippen LogP contribution in [0.25, 0.3) is 5.82 Å². The predicted octanol–water partition coefficient (Wildman–Crippen LogP) is 2.58. The van der Waals surface area contributed by atoms with Crippen molar-refractivity contribution in [1.82, 2.24) is 24.6 Å². The molecule has 1 saturated heterocycles. The van der Waals surface area contributed by atoms with Gasteiger partial charge in [0.05, 0.1) is 24.6 Å². The number of aryl methyl sites for hydroxylation is 2. The summed E-state index contributed by atoms with van der Waals surface area (Å²) in [4.78, 5) is 10.1. The Morgan fingerprint density at radius 3 is 2.76 bits per heavy atom. The van der Waals surface area contributed by atoms with Crippen LogP contribution in [0.2, 0.25) is 0 Å². The highest BCUT2D eigenvalue weighted by atomic mass is 19.4. The number of rotatable bonds is 5. The summed E-state index contributed by atoms with van der Waals surface area (Å²) in [5.41, 5.74) is 1.86. The van der Waals surface area contributed by atoms with Crippen LogP contribution in [0.15, 0.2) is 18.5 Å². The smallest absolute Gasteiger partial charge is 0.368 e. The molecule has 25 heavy (non-hydrogen) atoms. The molecule has 2 aromatic heterocycles. The molecule has 3 heterocycles. The molecule has 136 valence electrons. The molecule has 1 aliphatic heterocycles. The van der Waals surface area contributed by atoms with Crippen LogP contribution in [0.5, 0.6) is 0 Å². The zero-order valence-corrected chi connectivity index (χ0v) is 14.2. The number of hydrogen-bond donors (Lipinski definition) is 1. The monoisotopic (exact) mass is 354 g/mol. The van der Waals surface area contributed by atoms with Crippen LogP contribution in [0.3, 0.4) is 0 Å². The molecule has 0 saturated carbocycles. The van der Waals surface area contributed by atoms with E-state index >= 15 is 0 Å². The van der Waals surface area contributed by atoms with Crippen molar-refractivity contribution >= 4 is 5.82 Å². The largest absolute Gasteiger partial charge is 0.401 e. The molecule has 9 heteroatoms. The number of alkyl halides is 3. The van der Waals surface area contributed by atoms with Crippen LogP contribution in [-0.4, -0.2) is 57.0 Å². The third-order valence-electron chi connectivity index (χ3n) is 4.19. The number of nitrogens with zero attached hydrogens (tertiary/aromatic N) is 5. The standard InChI is InChI=1S/C16H21F3N6/c1-11-5-12(2)25(23-11)15-8-20-7-14(22-15)21-6-13-3-4-24(9-13)10-16(17,18)19/h5,7-8,13H,3-4,6,9-10H2,1-2H3,(H,21,22). The molecule has 1 unspecified atom stereocenters.